The number of rotatable bonds is 4. The SMILES string of the molecule is CNC(=O)CCc1cccc(C2CCNCC2)n1. The monoisotopic (exact) mass is 247 g/mol. The molecule has 1 aliphatic heterocycles. The van der Waals surface area contributed by atoms with Crippen LogP contribution < -0.4 is 10.6 Å². The fraction of sp³-hybridized carbons (Fsp3) is 0.571. The van der Waals surface area contributed by atoms with Crippen molar-refractivity contribution in [3.8, 4) is 0 Å². The van der Waals surface area contributed by atoms with E-state index in [2.05, 4.69) is 22.8 Å². The molecule has 0 spiro atoms. The molecule has 18 heavy (non-hydrogen) atoms. The van der Waals surface area contributed by atoms with Crippen molar-refractivity contribution < 1.29 is 4.79 Å². The molecule has 98 valence electrons. The van der Waals surface area contributed by atoms with Crippen LogP contribution in [0.3, 0.4) is 0 Å². The molecule has 1 saturated heterocycles. The fourth-order valence-corrected chi connectivity index (χ4v) is 2.35. The Kier molecular flexibility index (Phi) is 4.70. The Morgan fingerprint density at radius 3 is 2.94 bits per heavy atom. The molecule has 1 fully saturated rings. The highest BCUT2D eigenvalue weighted by molar-refractivity contribution is 5.75. The highest BCUT2D eigenvalue weighted by Crippen LogP contribution is 2.23. The number of nitrogens with zero attached hydrogens (tertiary/aromatic N) is 1. The van der Waals surface area contributed by atoms with Crippen LogP contribution in [0.2, 0.25) is 0 Å². The molecule has 2 rings (SSSR count). The van der Waals surface area contributed by atoms with Crippen LogP contribution in [-0.4, -0.2) is 31.0 Å². The summed E-state index contributed by atoms with van der Waals surface area (Å²) in [5.74, 6) is 0.648. The van der Waals surface area contributed by atoms with E-state index >= 15 is 0 Å². The van der Waals surface area contributed by atoms with E-state index in [1.807, 2.05) is 6.07 Å². The molecule has 2 heterocycles. The Morgan fingerprint density at radius 2 is 2.22 bits per heavy atom. The van der Waals surface area contributed by atoms with Gasteiger partial charge in [-0.2, -0.15) is 0 Å². The summed E-state index contributed by atoms with van der Waals surface area (Å²) in [5, 5.41) is 6.00. The molecule has 4 heteroatoms. The first-order valence-corrected chi connectivity index (χ1v) is 6.66. The van der Waals surface area contributed by atoms with Crippen molar-refractivity contribution in [1.82, 2.24) is 15.6 Å². The summed E-state index contributed by atoms with van der Waals surface area (Å²) >= 11 is 0. The van der Waals surface area contributed by atoms with Crippen molar-refractivity contribution in [3.63, 3.8) is 0 Å². The summed E-state index contributed by atoms with van der Waals surface area (Å²) in [4.78, 5) is 15.9. The zero-order valence-electron chi connectivity index (χ0n) is 10.9. The van der Waals surface area contributed by atoms with Crippen LogP contribution in [0.25, 0.3) is 0 Å². The molecule has 0 aromatic carbocycles. The number of hydrogen-bond donors (Lipinski definition) is 2. The van der Waals surface area contributed by atoms with Crippen molar-refractivity contribution in [2.75, 3.05) is 20.1 Å². The number of hydrogen-bond acceptors (Lipinski definition) is 3. The summed E-state index contributed by atoms with van der Waals surface area (Å²) in [7, 11) is 1.67. The average Bonchev–Trinajstić information content (AvgIpc) is 2.46. The van der Waals surface area contributed by atoms with E-state index in [1.54, 1.807) is 7.05 Å². The maximum Gasteiger partial charge on any atom is 0.220 e. The van der Waals surface area contributed by atoms with Gasteiger partial charge in [0.05, 0.1) is 0 Å². The van der Waals surface area contributed by atoms with Gasteiger partial charge in [0.15, 0.2) is 0 Å². The molecular weight excluding hydrogens is 226 g/mol. The molecule has 1 aromatic rings. The van der Waals surface area contributed by atoms with Gasteiger partial charge in [0.1, 0.15) is 0 Å². The summed E-state index contributed by atoms with van der Waals surface area (Å²) < 4.78 is 0. The molecule has 0 saturated carbocycles. The highest BCUT2D eigenvalue weighted by atomic mass is 16.1. The summed E-state index contributed by atoms with van der Waals surface area (Å²) in [6, 6.07) is 6.18. The molecule has 1 aromatic heterocycles. The number of pyridine rings is 1. The third-order valence-electron chi connectivity index (χ3n) is 3.47. The van der Waals surface area contributed by atoms with Crippen molar-refractivity contribution >= 4 is 5.91 Å². The van der Waals surface area contributed by atoms with E-state index in [4.69, 9.17) is 4.98 Å². The van der Waals surface area contributed by atoms with Gasteiger partial charge in [-0.3, -0.25) is 9.78 Å². The third-order valence-corrected chi connectivity index (χ3v) is 3.47. The third kappa shape index (κ3) is 3.53. The molecule has 0 radical (unpaired) electrons. The van der Waals surface area contributed by atoms with Gasteiger partial charge in [0.2, 0.25) is 5.91 Å². The molecule has 1 amide bonds. The Bertz CT molecular complexity index is 400. The Labute approximate surface area is 108 Å². The van der Waals surface area contributed by atoms with Gasteiger partial charge in [-0.1, -0.05) is 6.07 Å². The van der Waals surface area contributed by atoms with Crippen molar-refractivity contribution in [3.05, 3.63) is 29.6 Å². The first kappa shape index (κ1) is 13.0. The first-order chi connectivity index (χ1) is 8.79. The number of carbonyl (C=O) groups excluding carboxylic acids is 1. The maximum absolute atomic E-state index is 11.2. The lowest BCUT2D eigenvalue weighted by atomic mass is 9.94. The second-order valence-corrected chi connectivity index (χ2v) is 4.75. The number of carbonyl (C=O) groups is 1. The standard InChI is InChI=1S/C14H21N3O/c1-15-14(18)6-5-12-3-2-4-13(17-12)11-7-9-16-10-8-11/h2-4,11,16H,5-10H2,1H3,(H,15,18). The predicted molar refractivity (Wildman–Crippen MR) is 71.5 cm³/mol. The molecule has 0 bridgehead atoms. The average molecular weight is 247 g/mol. The molecule has 4 nitrogen and oxygen atoms in total. The minimum Gasteiger partial charge on any atom is -0.359 e. The summed E-state index contributed by atoms with van der Waals surface area (Å²) in [6.45, 7) is 2.16. The Balaban J connectivity index is 1.98. The van der Waals surface area contributed by atoms with Gasteiger partial charge in [-0.15, -0.1) is 0 Å². The van der Waals surface area contributed by atoms with E-state index < -0.39 is 0 Å². The van der Waals surface area contributed by atoms with Crippen LogP contribution in [0, 0.1) is 0 Å². The molecule has 1 aliphatic rings. The zero-order valence-corrected chi connectivity index (χ0v) is 10.9. The Morgan fingerprint density at radius 1 is 1.44 bits per heavy atom. The number of aryl methyl sites for hydroxylation is 1. The second kappa shape index (κ2) is 6.50. The molecular formula is C14H21N3O. The van der Waals surface area contributed by atoms with Crippen molar-refractivity contribution in [2.24, 2.45) is 0 Å². The van der Waals surface area contributed by atoms with Crippen LogP contribution in [0.5, 0.6) is 0 Å². The second-order valence-electron chi connectivity index (χ2n) is 4.75. The van der Waals surface area contributed by atoms with Gasteiger partial charge in [0, 0.05) is 30.8 Å². The largest absolute Gasteiger partial charge is 0.359 e. The van der Waals surface area contributed by atoms with E-state index in [9.17, 15) is 4.79 Å². The van der Waals surface area contributed by atoms with Crippen LogP contribution >= 0.6 is 0 Å². The van der Waals surface area contributed by atoms with Crippen molar-refractivity contribution in [1.29, 1.82) is 0 Å². The lowest BCUT2D eigenvalue weighted by Gasteiger charge is -2.22. The predicted octanol–water partition coefficient (Wildman–Crippen LogP) is 1.23. The van der Waals surface area contributed by atoms with E-state index in [0.717, 1.165) is 38.0 Å². The van der Waals surface area contributed by atoms with E-state index in [1.165, 1.54) is 5.69 Å². The van der Waals surface area contributed by atoms with Gasteiger partial charge in [-0.05, 0) is 44.5 Å². The van der Waals surface area contributed by atoms with Crippen LogP contribution in [-0.2, 0) is 11.2 Å². The number of aromatic nitrogens is 1. The maximum atomic E-state index is 11.2. The first-order valence-electron chi connectivity index (χ1n) is 6.66. The molecule has 0 aliphatic carbocycles. The van der Waals surface area contributed by atoms with Crippen molar-refractivity contribution in [2.45, 2.75) is 31.6 Å². The smallest absolute Gasteiger partial charge is 0.220 e. The van der Waals surface area contributed by atoms with E-state index in [-0.39, 0.29) is 5.91 Å². The lowest BCUT2D eigenvalue weighted by Crippen LogP contribution is -2.27. The highest BCUT2D eigenvalue weighted by Gasteiger charge is 2.16. The normalized spacial score (nSPS) is 16.5. The van der Waals surface area contributed by atoms with Gasteiger partial charge in [-0.25, -0.2) is 0 Å². The summed E-state index contributed by atoms with van der Waals surface area (Å²) in [6.07, 6.45) is 3.55. The van der Waals surface area contributed by atoms with Crippen LogP contribution in [0.15, 0.2) is 18.2 Å². The summed E-state index contributed by atoms with van der Waals surface area (Å²) in [5.41, 5.74) is 2.21. The minimum absolute atomic E-state index is 0.0732. The van der Waals surface area contributed by atoms with Crippen LogP contribution in [0.4, 0.5) is 0 Å². The minimum atomic E-state index is 0.0732. The van der Waals surface area contributed by atoms with Gasteiger partial charge < -0.3 is 10.6 Å². The van der Waals surface area contributed by atoms with Gasteiger partial charge >= 0.3 is 0 Å². The van der Waals surface area contributed by atoms with Gasteiger partial charge in [0.25, 0.3) is 0 Å². The Hall–Kier alpha value is -1.42. The van der Waals surface area contributed by atoms with Crippen LogP contribution in [0.1, 0.15) is 36.6 Å². The molecule has 0 unspecified atom stereocenters. The quantitative estimate of drug-likeness (QED) is 0.841. The topological polar surface area (TPSA) is 54.0 Å². The molecule has 0 atom stereocenters. The number of piperidine rings is 1. The zero-order chi connectivity index (χ0) is 12.8. The fourth-order valence-electron chi connectivity index (χ4n) is 2.35. The number of nitrogens with one attached hydrogen (secondary N) is 2. The molecule has 2 N–H and O–H groups in total. The number of amides is 1. The van der Waals surface area contributed by atoms with E-state index in [0.29, 0.717) is 12.3 Å². The lowest BCUT2D eigenvalue weighted by molar-refractivity contribution is -0.120.